The second-order valence-corrected chi connectivity index (χ2v) is 8.71. The average Bonchev–Trinajstić information content (AvgIpc) is 2.59. The van der Waals surface area contributed by atoms with E-state index in [2.05, 4.69) is 20.8 Å². The van der Waals surface area contributed by atoms with E-state index in [0.29, 0.717) is 11.3 Å². The number of aromatic hydroxyl groups is 1. The van der Waals surface area contributed by atoms with Crippen molar-refractivity contribution in [3.8, 4) is 17.2 Å². The zero-order chi connectivity index (χ0) is 21.8. The van der Waals surface area contributed by atoms with Crippen molar-refractivity contribution in [2.45, 2.75) is 66.1 Å². The van der Waals surface area contributed by atoms with Crippen LogP contribution in [0.1, 0.15) is 70.0 Å². The fraction of sp³-hybridized carbons (Fsp3) is 0.400. The molecule has 0 aromatic heterocycles. The molecule has 0 amide bonds. The molecule has 2 aromatic rings. The van der Waals surface area contributed by atoms with E-state index in [1.165, 1.54) is 18.2 Å². The van der Waals surface area contributed by atoms with Crippen LogP contribution in [0.15, 0.2) is 42.5 Å². The van der Waals surface area contributed by atoms with E-state index in [1.54, 1.807) is 18.2 Å². The van der Waals surface area contributed by atoms with Gasteiger partial charge in [0.1, 0.15) is 17.2 Å². The minimum atomic E-state index is -0.139. The summed E-state index contributed by atoms with van der Waals surface area (Å²) >= 11 is 0. The molecular weight excluding hydrogens is 364 g/mol. The van der Waals surface area contributed by atoms with Crippen molar-refractivity contribution >= 4 is 11.9 Å². The molecule has 0 heterocycles. The molecule has 1 N–H and O–H groups in total. The molecule has 2 rings (SSSR count). The Morgan fingerprint density at radius 2 is 1.48 bits per heavy atom. The average molecular weight is 397 g/mol. The monoisotopic (exact) mass is 396 g/mol. The van der Waals surface area contributed by atoms with Crippen LogP contribution < -0.4 is 9.47 Å². The number of hydrogen-bond donors (Lipinski definition) is 1. The highest BCUT2D eigenvalue weighted by Gasteiger charge is 2.22. The minimum absolute atomic E-state index is 0.0117. The molecular formula is C25H32O4. The SMILES string of the molecule is CC(C)Oc1cc(OC(C)C)c(C(C)(C)C)cc1C=CC(=O)c1ccc(O)cc1. The molecule has 0 saturated carbocycles. The molecule has 0 bridgehead atoms. The molecule has 0 fully saturated rings. The van der Waals surface area contributed by atoms with Gasteiger partial charge in [-0.15, -0.1) is 0 Å². The molecule has 0 spiro atoms. The standard InChI is InChI=1S/C25H32O4/c1-16(2)28-23-15-24(29-17(3)4)21(25(5,6)7)14-19(23)10-13-22(27)18-8-11-20(26)12-9-18/h8-17,26H,1-7H3. The Kier molecular flexibility index (Phi) is 7.12. The second-order valence-electron chi connectivity index (χ2n) is 8.71. The number of ether oxygens (including phenoxy) is 2. The van der Waals surface area contributed by atoms with Crippen LogP contribution in [0.5, 0.6) is 17.2 Å². The fourth-order valence-corrected chi connectivity index (χ4v) is 2.89. The van der Waals surface area contributed by atoms with Crippen LogP contribution in [-0.4, -0.2) is 23.1 Å². The van der Waals surface area contributed by atoms with Gasteiger partial charge in [0.2, 0.25) is 0 Å². The van der Waals surface area contributed by atoms with Gasteiger partial charge in [-0.05, 0) is 75.6 Å². The van der Waals surface area contributed by atoms with Gasteiger partial charge in [-0.2, -0.15) is 0 Å². The Labute approximate surface area is 174 Å². The van der Waals surface area contributed by atoms with Gasteiger partial charge in [0.15, 0.2) is 5.78 Å². The zero-order valence-corrected chi connectivity index (χ0v) is 18.4. The van der Waals surface area contributed by atoms with Gasteiger partial charge in [-0.25, -0.2) is 0 Å². The number of phenolic OH excluding ortho intramolecular Hbond substituents is 1. The Morgan fingerprint density at radius 3 is 2.00 bits per heavy atom. The van der Waals surface area contributed by atoms with Crippen LogP contribution in [0.3, 0.4) is 0 Å². The third-order valence-electron chi connectivity index (χ3n) is 4.21. The lowest BCUT2D eigenvalue weighted by molar-refractivity contribution is 0.104. The zero-order valence-electron chi connectivity index (χ0n) is 18.4. The van der Waals surface area contributed by atoms with Gasteiger partial charge in [0, 0.05) is 22.8 Å². The smallest absolute Gasteiger partial charge is 0.185 e. The summed E-state index contributed by atoms with van der Waals surface area (Å²) in [5.41, 5.74) is 2.26. The molecule has 0 radical (unpaired) electrons. The summed E-state index contributed by atoms with van der Waals surface area (Å²) in [6, 6.07) is 10.2. The van der Waals surface area contributed by atoms with Crippen LogP contribution in [0, 0.1) is 0 Å². The Balaban J connectivity index is 2.49. The van der Waals surface area contributed by atoms with Crippen molar-refractivity contribution in [2.24, 2.45) is 0 Å². The van der Waals surface area contributed by atoms with Crippen molar-refractivity contribution in [1.82, 2.24) is 0 Å². The Bertz CT molecular complexity index is 869. The Morgan fingerprint density at radius 1 is 0.931 bits per heavy atom. The van der Waals surface area contributed by atoms with E-state index >= 15 is 0 Å². The van der Waals surface area contributed by atoms with Crippen molar-refractivity contribution in [3.05, 3.63) is 59.2 Å². The fourth-order valence-electron chi connectivity index (χ4n) is 2.89. The second kappa shape index (κ2) is 9.17. The summed E-state index contributed by atoms with van der Waals surface area (Å²) in [7, 11) is 0. The molecule has 0 aliphatic heterocycles. The number of carbonyl (C=O) groups is 1. The number of ketones is 1. The van der Waals surface area contributed by atoms with Crippen molar-refractivity contribution in [2.75, 3.05) is 0 Å². The van der Waals surface area contributed by atoms with Crippen molar-refractivity contribution in [3.63, 3.8) is 0 Å². The van der Waals surface area contributed by atoms with Crippen LogP contribution in [0.2, 0.25) is 0 Å². The first kappa shape index (κ1) is 22.5. The lowest BCUT2D eigenvalue weighted by Gasteiger charge is -2.26. The van der Waals surface area contributed by atoms with Crippen LogP contribution in [0.25, 0.3) is 6.08 Å². The topological polar surface area (TPSA) is 55.8 Å². The maximum atomic E-state index is 12.5. The molecule has 0 saturated heterocycles. The maximum absolute atomic E-state index is 12.5. The summed E-state index contributed by atoms with van der Waals surface area (Å²) < 4.78 is 12.1. The van der Waals surface area contributed by atoms with E-state index in [9.17, 15) is 9.90 Å². The van der Waals surface area contributed by atoms with E-state index in [0.717, 1.165) is 16.9 Å². The lowest BCUT2D eigenvalue weighted by atomic mass is 9.85. The predicted octanol–water partition coefficient (Wildman–Crippen LogP) is 6.16. The number of phenols is 1. The number of allylic oxidation sites excluding steroid dienone is 1. The number of hydrogen-bond acceptors (Lipinski definition) is 4. The molecule has 0 aliphatic rings. The molecule has 156 valence electrons. The normalized spacial score (nSPS) is 12.0. The molecule has 2 aromatic carbocycles. The molecule has 0 atom stereocenters. The first-order valence-electron chi connectivity index (χ1n) is 10.0. The highest BCUT2D eigenvalue weighted by atomic mass is 16.5. The molecule has 29 heavy (non-hydrogen) atoms. The summed E-state index contributed by atoms with van der Waals surface area (Å²) in [5.74, 6) is 1.47. The van der Waals surface area contributed by atoms with Crippen LogP contribution in [-0.2, 0) is 5.41 Å². The number of rotatable bonds is 7. The molecule has 4 heteroatoms. The summed E-state index contributed by atoms with van der Waals surface area (Å²) in [4.78, 5) is 12.5. The predicted molar refractivity (Wildman–Crippen MR) is 118 cm³/mol. The third-order valence-corrected chi connectivity index (χ3v) is 4.21. The highest BCUT2D eigenvalue weighted by Crippen LogP contribution is 2.38. The highest BCUT2D eigenvalue weighted by molar-refractivity contribution is 6.07. The molecule has 0 unspecified atom stereocenters. The quantitative estimate of drug-likeness (QED) is 0.450. The minimum Gasteiger partial charge on any atom is -0.508 e. The summed E-state index contributed by atoms with van der Waals surface area (Å²) in [5, 5.41) is 9.40. The van der Waals surface area contributed by atoms with E-state index in [-0.39, 0.29) is 29.2 Å². The Hall–Kier alpha value is -2.75. The van der Waals surface area contributed by atoms with E-state index in [1.807, 2.05) is 39.8 Å². The van der Waals surface area contributed by atoms with E-state index < -0.39 is 0 Å². The van der Waals surface area contributed by atoms with Gasteiger partial charge in [-0.1, -0.05) is 20.8 Å². The van der Waals surface area contributed by atoms with Crippen LogP contribution in [0.4, 0.5) is 0 Å². The van der Waals surface area contributed by atoms with E-state index in [4.69, 9.17) is 9.47 Å². The van der Waals surface area contributed by atoms with Gasteiger partial charge in [-0.3, -0.25) is 4.79 Å². The first-order valence-corrected chi connectivity index (χ1v) is 10.0. The third kappa shape index (κ3) is 6.38. The lowest BCUT2D eigenvalue weighted by Crippen LogP contribution is -2.17. The number of carbonyl (C=O) groups excluding carboxylic acids is 1. The van der Waals surface area contributed by atoms with Gasteiger partial charge < -0.3 is 14.6 Å². The maximum Gasteiger partial charge on any atom is 0.185 e. The van der Waals surface area contributed by atoms with Crippen molar-refractivity contribution < 1.29 is 19.4 Å². The van der Waals surface area contributed by atoms with Gasteiger partial charge in [0.05, 0.1) is 12.2 Å². The van der Waals surface area contributed by atoms with Gasteiger partial charge >= 0.3 is 0 Å². The number of benzene rings is 2. The van der Waals surface area contributed by atoms with Crippen molar-refractivity contribution in [1.29, 1.82) is 0 Å². The molecule has 4 nitrogen and oxygen atoms in total. The molecule has 0 aliphatic carbocycles. The first-order chi connectivity index (χ1) is 13.5. The summed E-state index contributed by atoms with van der Waals surface area (Å²) in [6.45, 7) is 14.3. The van der Waals surface area contributed by atoms with Gasteiger partial charge in [0.25, 0.3) is 0 Å². The largest absolute Gasteiger partial charge is 0.508 e. The summed E-state index contributed by atoms with van der Waals surface area (Å²) in [6.07, 6.45) is 3.34. The van der Waals surface area contributed by atoms with Crippen LogP contribution >= 0.6 is 0 Å².